The summed E-state index contributed by atoms with van der Waals surface area (Å²) < 4.78 is 10.2. The summed E-state index contributed by atoms with van der Waals surface area (Å²) in [4.78, 5) is 19.1. The first-order valence-corrected chi connectivity index (χ1v) is 7.16. The van der Waals surface area contributed by atoms with Crippen molar-refractivity contribution < 1.29 is 19.4 Å². The molecule has 0 saturated carbocycles. The van der Waals surface area contributed by atoms with Crippen LogP contribution < -0.4 is 10.1 Å². The number of carboxylic acids is 1. The van der Waals surface area contributed by atoms with Crippen LogP contribution in [0.3, 0.4) is 0 Å². The normalized spacial score (nSPS) is 10.3. The number of carboxylic acid groups (broad SMARTS) is 1. The van der Waals surface area contributed by atoms with Gasteiger partial charge in [0.1, 0.15) is 0 Å². The van der Waals surface area contributed by atoms with Gasteiger partial charge in [-0.25, -0.2) is 9.78 Å². The zero-order valence-electron chi connectivity index (χ0n) is 12.9. The van der Waals surface area contributed by atoms with Gasteiger partial charge in [-0.1, -0.05) is 30.3 Å². The van der Waals surface area contributed by atoms with Gasteiger partial charge in [-0.05, 0) is 12.0 Å². The minimum atomic E-state index is -1.06. The Bertz CT molecular complexity index is 634. The Kier molecular flexibility index (Phi) is 6.31. The van der Waals surface area contributed by atoms with Gasteiger partial charge in [0.25, 0.3) is 0 Å². The maximum absolute atomic E-state index is 10.6. The van der Waals surface area contributed by atoms with E-state index in [4.69, 9.17) is 14.6 Å². The number of aromatic nitrogens is 2. The molecule has 0 spiro atoms. The fraction of sp³-hybridized carbons (Fsp3) is 0.312. The summed E-state index contributed by atoms with van der Waals surface area (Å²) in [5.41, 5.74) is 1.82. The SMILES string of the molecule is COCc1cc(OCC(=O)O)nc(NCCc2ccccc2)n1. The molecule has 0 saturated heterocycles. The van der Waals surface area contributed by atoms with E-state index in [9.17, 15) is 4.79 Å². The van der Waals surface area contributed by atoms with Crippen molar-refractivity contribution in [2.75, 3.05) is 25.6 Å². The molecule has 0 aliphatic carbocycles. The lowest BCUT2D eigenvalue weighted by Gasteiger charge is -2.09. The number of methoxy groups -OCH3 is 1. The lowest BCUT2D eigenvalue weighted by atomic mass is 10.1. The van der Waals surface area contributed by atoms with E-state index in [2.05, 4.69) is 15.3 Å². The van der Waals surface area contributed by atoms with E-state index in [0.717, 1.165) is 6.42 Å². The molecule has 122 valence electrons. The molecule has 7 nitrogen and oxygen atoms in total. The molecular weight excluding hydrogens is 298 g/mol. The molecule has 23 heavy (non-hydrogen) atoms. The van der Waals surface area contributed by atoms with Gasteiger partial charge in [0.05, 0.1) is 12.3 Å². The summed E-state index contributed by atoms with van der Waals surface area (Å²) in [5.74, 6) is -0.469. The standard InChI is InChI=1S/C16H19N3O4/c1-22-10-13-9-14(23-11-15(20)21)19-16(18-13)17-8-7-12-5-3-2-4-6-12/h2-6,9H,7-8,10-11H2,1H3,(H,20,21)(H,17,18,19). The average molecular weight is 317 g/mol. The van der Waals surface area contributed by atoms with Crippen LogP contribution in [0.1, 0.15) is 11.3 Å². The van der Waals surface area contributed by atoms with Gasteiger partial charge in [0.2, 0.25) is 11.8 Å². The van der Waals surface area contributed by atoms with Crippen LogP contribution in [0.15, 0.2) is 36.4 Å². The van der Waals surface area contributed by atoms with Crippen LogP contribution in [0.25, 0.3) is 0 Å². The number of rotatable bonds is 9. The molecule has 0 aliphatic heterocycles. The second kappa shape index (κ2) is 8.70. The average Bonchev–Trinajstić information content (AvgIpc) is 2.54. The van der Waals surface area contributed by atoms with Gasteiger partial charge < -0.3 is 19.9 Å². The highest BCUT2D eigenvalue weighted by Crippen LogP contribution is 2.13. The molecule has 0 fully saturated rings. The highest BCUT2D eigenvalue weighted by Gasteiger charge is 2.07. The van der Waals surface area contributed by atoms with Crippen LogP contribution in [-0.2, 0) is 22.6 Å². The highest BCUT2D eigenvalue weighted by molar-refractivity contribution is 5.68. The molecule has 1 aromatic heterocycles. The van der Waals surface area contributed by atoms with E-state index in [-0.39, 0.29) is 5.88 Å². The Hall–Kier alpha value is -2.67. The van der Waals surface area contributed by atoms with Gasteiger partial charge in [0.15, 0.2) is 6.61 Å². The van der Waals surface area contributed by atoms with Crippen LogP contribution in [0.5, 0.6) is 5.88 Å². The van der Waals surface area contributed by atoms with Crippen LogP contribution >= 0.6 is 0 Å². The fourth-order valence-corrected chi connectivity index (χ4v) is 1.95. The van der Waals surface area contributed by atoms with Crippen molar-refractivity contribution >= 4 is 11.9 Å². The minimum absolute atomic E-state index is 0.205. The number of nitrogens with one attached hydrogen (secondary N) is 1. The first kappa shape index (κ1) is 16.7. The molecule has 2 N–H and O–H groups in total. The van der Waals surface area contributed by atoms with Crippen molar-refractivity contribution in [3.63, 3.8) is 0 Å². The zero-order valence-corrected chi connectivity index (χ0v) is 12.9. The Labute approximate surface area is 134 Å². The lowest BCUT2D eigenvalue weighted by Crippen LogP contribution is -2.13. The van der Waals surface area contributed by atoms with Gasteiger partial charge in [-0.2, -0.15) is 4.98 Å². The molecule has 0 bridgehead atoms. The fourth-order valence-electron chi connectivity index (χ4n) is 1.95. The Morgan fingerprint density at radius 1 is 1.26 bits per heavy atom. The summed E-state index contributed by atoms with van der Waals surface area (Å²) in [6, 6.07) is 11.6. The number of anilines is 1. The number of nitrogens with zero attached hydrogens (tertiary/aromatic N) is 2. The van der Waals surface area contributed by atoms with Crippen LogP contribution in [0.4, 0.5) is 5.95 Å². The van der Waals surface area contributed by atoms with Crippen molar-refractivity contribution in [3.05, 3.63) is 47.7 Å². The van der Waals surface area contributed by atoms with Crippen molar-refractivity contribution in [2.45, 2.75) is 13.0 Å². The predicted octanol–water partition coefficient (Wildman–Crippen LogP) is 1.74. The van der Waals surface area contributed by atoms with Crippen LogP contribution in [-0.4, -0.2) is 41.3 Å². The van der Waals surface area contributed by atoms with E-state index < -0.39 is 12.6 Å². The molecular formula is C16H19N3O4. The van der Waals surface area contributed by atoms with Crippen molar-refractivity contribution in [1.82, 2.24) is 9.97 Å². The number of ether oxygens (including phenoxy) is 2. The molecule has 0 radical (unpaired) electrons. The largest absolute Gasteiger partial charge is 0.479 e. The summed E-state index contributed by atoms with van der Waals surface area (Å²) in [5, 5.41) is 11.8. The number of hydrogen-bond donors (Lipinski definition) is 2. The van der Waals surface area contributed by atoms with Crippen molar-refractivity contribution in [2.24, 2.45) is 0 Å². The third-order valence-corrected chi connectivity index (χ3v) is 2.93. The van der Waals surface area contributed by atoms with Gasteiger partial charge >= 0.3 is 5.97 Å². The van der Waals surface area contributed by atoms with Crippen LogP contribution in [0.2, 0.25) is 0 Å². The van der Waals surface area contributed by atoms with Gasteiger partial charge in [-0.15, -0.1) is 0 Å². The number of aliphatic carboxylic acids is 1. The lowest BCUT2D eigenvalue weighted by molar-refractivity contribution is -0.139. The van der Waals surface area contributed by atoms with Crippen LogP contribution in [0, 0.1) is 0 Å². The molecule has 0 atom stereocenters. The Morgan fingerprint density at radius 2 is 2.04 bits per heavy atom. The number of hydrogen-bond acceptors (Lipinski definition) is 6. The quantitative estimate of drug-likeness (QED) is 0.727. The van der Waals surface area contributed by atoms with E-state index in [1.807, 2.05) is 30.3 Å². The monoisotopic (exact) mass is 317 g/mol. The Balaban J connectivity index is 1.99. The number of benzene rings is 1. The summed E-state index contributed by atoms with van der Waals surface area (Å²) in [6.07, 6.45) is 0.823. The maximum Gasteiger partial charge on any atom is 0.341 e. The second-order valence-electron chi connectivity index (χ2n) is 4.80. The van der Waals surface area contributed by atoms with E-state index in [1.54, 1.807) is 13.2 Å². The van der Waals surface area contributed by atoms with E-state index in [0.29, 0.717) is 24.8 Å². The molecule has 0 amide bonds. The molecule has 1 heterocycles. The summed E-state index contributed by atoms with van der Waals surface area (Å²) in [7, 11) is 1.56. The molecule has 0 unspecified atom stereocenters. The van der Waals surface area contributed by atoms with E-state index in [1.165, 1.54) is 5.56 Å². The summed E-state index contributed by atoms with van der Waals surface area (Å²) >= 11 is 0. The van der Waals surface area contributed by atoms with Crippen molar-refractivity contribution in [1.29, 1.82) is 0 Å². The van der Waals surface area contributed by atoms with Crippen molar-refractivity contribution in [3.8, 4) is 5.88 Å². The second-order valence-corrected chi connectivity index (χ2v) is 4.80. The molecule has 2 rings (SSSR count). The molecule has 2 aromatic rings. The molecule has 1 aromatic carbocycles. The zero-order chi connectivity index (χ0) is 16.5. The van der Waals surface area contributed by atoms with Gasteiger partial charge in [0, 0.05) is 19.7 Å². The third-order valence-electron chi connectivity index (χ3n) is 2.93. The predicted molar refractivity (Wildman–Crippen MR) is 84.5 cm³/mol. The summed E-state index contributed by atoms with van der Waals surface area (Å²) in [6.45, 7) is 0.491. The first-order valence-electron chi connectivity index (χ1n) is 7.16. The van der Waals surface area contributed by atoms with Gasteiger partial charge in [-0.3, -0.25) is 0 Å². The molecule has 7 heteroatoms. The first-order chi connectivity index (χ1) is 11.2. The smallest absolute Gasteiger partial charge is 0.341 e. The minimum Gasteiger partial charge on any atom is -0.479 e. The number of carbonyl (C=O) groups is 1. The van der Waals surface area contributed by atoms with E-state index >= 15 is 0 Å². The topological polar surface area (TPSA) is 93.6 Å². The maximum atomic E-state index is 10.6. The highest BCUT2D eigenvalue weighted by atomic mass is 16.5. The Morgan fingerprint density at radius 3 is 2.74 bits per heavy atom. The third kappa shape index (κ3) is 5.91. The molecule has 0 aliphatic rings.